The van der Waals surface area contributed by atoms with E-state index >= 15 is 0 Å². The van der Waals surface area contributed by atoms with Gasteiger partial charge in [-0.15, -0.1) is 11.8 Å². The lowest BCUT2D eigenvalue weighted by atomic mass is 10.1. The molecule has 1 unspecified atom stereocenters. The van der Waals surface area contributed by atoms with Crippen molar-refractivity contribution in [2.45, 2.75) is 11.9 Å². The van der Waals surface area contributed by atoms with Crippen molar-refractivity contribution >= 4 is 23.6 Å². The number of thioether (sulfide) groups is 1. The van der Waals surface area contributed by atoms with Crippen molar-refractivity contribution in [2.75, 3.05) is 5.75 Å². The summed E-state index contributed by atoms with van der Waals surface area (Å²) in [6.45, 7) is 0.446. The van der Waals surface area contributed by atoms with Gasteiger partial charge in [0, 0.05) is 5.56 Å². The van der Waals surface area contributed by atoms with Gasteiger partial charge in [0.05, 0.1) is 18.6 Å². The maximum absolute atomic E-state index is 12.0. The van der Waals surface area contributed by atoms with Gasteiger partial charge in [0.2, 0.25) is 11.8 Å². The summed E-state index contributed by atoms with van der Waals surface area (Å²) in [7, 11) is 0. The predicted octanol–water partition coefficient (Wildman–Crippen LogP) is 2.15. The number of hydrogen-bond donors (Lipinski definition) is 1. The Morgan fingerprint density at radius 3 is 2.71 bits per heavy atom. The molecule has 2 N–H and O–H groups in total. The minimum Gasteiger partial charge on any atom is -0.467 e. The van der Waals surface area contributed by atoms with Crippen LogP contribution in [0.15, 0.2) is 47.1 Å². The summed E-state index contributed by atoms with van der Waals surface area (Å²) in [4.78, 5) is 24.9. The molecule has 21 heavy (non-hydrogen) atoms. The van der Waals surface area contributed by atoms with Gasteiger partial charge in [0.15, 0.2) is 0 Å². The summed E-state index contributed by atoms with van der Waals surface area (Å²) < 4.78 is 5.31. The monoisotopic (exact) mass is 302 g/mol. The molecule has 0 saturated carbocycles. The molecule has 2 aromatic rings. The zero-order valence-electron chi connectivity index (χ0n) is 11.2. The molecule has 3 rings (SSSR count). The van der Waals surface area contributed by atoms with Gasteiger partial charge in [0.25, 0.3) is 0 Å². The van der Waals surface area contributed by atoms with Gasteiger partial charge in [-0.3, -0.25) is 9.59 Å². The molecule has 0 aliphatic carbocycles. The molecule has 0 bridgehead atoms. The van der Waals surface area contributed by atoms with Gasteiger partial charge in [-0.25, -0.2) is 0 Å². The van der Waals surface area contributed by atoms with Gasteiger partial charge < -0.3 is 15.1 Å². The SMILES string of the molecule is NC(=O)c1ccc(C2SCC(=O)N2Cc2ccco2)cc1. The molecule has 1 atom stereocenters. The largest absolute Gasteiger partial charge is 0.467 e. The third-order valence-corrected chi connectivity index (χ3v) is 4.61. The number of benzene rings is 1. The Bertz CT molecular complexity index is 652. The van der Waals surface area contributed by atoms with E-state index in [-0.39, 0.29) is 11.3 Å². The molecule has 1 aromatic heterocycles. The van der Waals surface area contributed by atoms with E-state index in [1.54, 1.807) is 41.1 Å². The molecule has 1 aromatic carbocycles. The Morgan fingerprint density at radius 2 is 2.10 bits per heavy atom. The molecule has 1 saturated heterocycles. The minimum absolute atomic E-state index is 0.0653. The fraction of sp³-hybridized carbons (Fsp3) is 0.200. The highest BCUT2D eigenvalue weighted by molar-refractivity contribution is 8.00. The van der Waals surface area contributed by atoms with Crippen LogP contribution in [-0.2, 0) is 11.3 Å². The van der Waals surface area contributed by atoms with Gasteiger partial charge in [0.1, 0.15) is 11.1 Å². The number of carbonyl (C=O) groups excluding carboxylic acids is 2. The summed E-state index contributed by atoms with van der Waals surface area (Å²) in [5.41, 5.74) is 6.67. The highest BCUT2D eigenvalue weighted by Crippen LogP contribution is 2.39. The van der Waals surface area contributed by atoms with Crippen LogP contribution in [0.1, 0.15) is 27.1 Å². The number of nitrogens with two attached hydrogens (primary N) is 1. The Balaban J connectivity index is 1.82. The average Bonchev–Trinajstić information content (AvgIpc) is 3.11. The molecule has 1 fully saturated rings. The van der Waals surface area contributed by atoms with Crippen LogP contribution >= 0.6 is 11.8 Å². The first-order valence-electron chi connectivity index (χ1n) is 6.48. The molecular weight excluding hydrogens is 288 g/mol. The van der Waals surface area contributed by atoms with E-state index in [1.807, 2.05) is 18.2 Å². The third-order valence-electron chi connectivity index (χ3n) is 3.35. The summed E-state index contributed by atoms with van der Waals surface area (Å²) in [6.07, 6.45) is 1.60. The van der Waals surface area contributed by atoms with Crippen molar-refractivity contribution in [1.29, 1.82) is 0 Å². The first-order valence-corrected chi connectivity index (χ1v) is 7.53. The number of primary amides is 1. The maximum atomic E-state index is 12.0. The molecular formula is C15H14N2O3S. The van der Waals surface area contributed by atoms with E-state index in [9.17, 15) is 9.59 Å². The lowest BCUT2D eigenvalue weighted by molar-refractivity contribution is -0.128. The van der Waals surface area contributed by atoms with E-state index in [4.69, 9.17) is 10.2 Å². The van der Waals surface area contributed by atoms with Crippen LogP contribution in [0.5, 0.6) is 0 Å². The van der Waals surface area contributed by atoms with Crippen LogP contribution in [0.2, 0.25) is 0 Å². The first-order chi connectivity index (χ1) is 10.1. The average molecular weight is 302 g/mol. The van der Waals surface area contributed by atoms with Crippen molar-refractivity contribution in [2.24, 2.45) is 5.73 Å². The van der Waals surface area contributed by atoms with Crippen LogP contribution in [0, 0.1) is 0 Å². The molecule has 0 radical (unpaired) electrons. The summed E-state index contributed by atoms with van der Waals surface area (Å²) in [6, 6.07) is 10.7. The van der Waals surface area contributed by atoms with Crippen LogP contribution < -0.4 is 5.73 Å². The minimum atomic E-state index is -0.454. The van der Waals surface area contributed by atoms with E-state index < -0.39 is 5.91 Å². The number of nitrogens with zero attached hydrogens (tertiary/aromatic N) is 1. The smallest absolute Gasteiger partial charge is 0.248 e. The van der Waals surface area contributed by atoms with Crippen LogP contribution in [0.3, 0.4) is 0 Å². The van der Waals surface area contributed by atoms with Crippen molar-refractivity contribution in [3.8, 4) is 0 Å². The molecule has 1 aliphatic heterocycles. The van der Waals surface area contributed by atoms with Crippen molar-refractivity contribution in [3.63, 3.8) is 0 Å². The maximum Gasteiger partial charge on any atom is 0.248 e. The number of hydrogen-bond acceptors (Lipinski definition) is 4. The number of amides is 2. The molecule has 0 spiro atoms. The Labute approximate surface area is 126 Å². The van der Waals surface area contributed by atoms with E-state index in [0.717, 1.165) is 11.3 Å². The van der Waals surface area contributed by atoms with Gasteiger partial charge in [-0.2, -0.15) is 0 Å². The van der Waals surface area contributed by atoms with Gasteiger partial charge >= 0.3 is 0 Å². The first kappa shape index (κ1) is 13.8. The Hall–Kier alpha value is -2.21. The normalized spacial score (nSPS) is 18.2. The zero-order chi connectivity index (χ0) is 14.8. The molecule has 5 nitrogen and oxygen atoms in total. The second kappa shape index (κ2) is 5.65. The molecule has 2 amide bonds. The summed E-state index contributed by atoms with van der Waals surface area (Å²) >= 11 is 1.57. The van der Waals surface area contributed by atoms with Crippen LogP contribution in [0.4, 0.5) is 0 Å². The third kappa shape index (κ3) is 2.80. The van der Waals surface area contributed by atoms with Crippen LogP contribution in [0.25, 0.3) is 0 Å². The summed E-state index contributed by atoms with van der Waals surface area (Å²) in [5, 5.41) is -0.0653. The molecule has 108 valence electrons. The lowest BCUT2D eigenvalue weighted by Gasteiger charge is -2.23. The summed E-state index contributed by atoms with van der Waals surface area (Å²) in [5.74, 6) is 0.831. The van der Waals surface area contributed by atoms with Crippen LogP contribution in [-0.4, -0.2) is 22.5 Å². The standard InChI is InChI=1S/C15H14N2O3S/c16-14(19)10-3-5-11(6-4-10)15-17(13(18)9-21-15)8-12-2-1-7-20-12/h1-7,15H,8-9H2,(H2,16,19). The fourth-order valence-corrected chi connectivity index (χ4v) is 3.47. The quantitative estimate of drug-likeness (QED) is 0.939. The lowest BCUT2D eigenvalue weighted by Crippen LogP contribution is -2.27. The van der Waals surface area contributed by atoms with E-state index in [1.165, 1.54) is 0 Å². The predicted molar refractivity (Wildman–Crippen MR) is 79.4 cm³/mol. The topological polar surface area (TPSA) is 76.5 Å². The highest BCUT2D eigenvalue weighted by Gasteiger charge is 2.33. The van der Waals surface area contributed by atoms with Crippen molar-refractivity contribution < 1.29 is 14.0 Å². The number of rotatable bonds is 4. The Kier molecular flexibility index (Phi) is 3.70. The van der Waals surface area contributed by atoms with Crippen molar-refractivity contribution in [1.82, 2.24) is 4.90 Å². The molecule has 2 heterocycles. The second-order valence-electron chi connectivity index (χ2n) is 4.75. The second-order valence-corrected chi connectivity index (χ2v) is 5.82. The van der Waals surface area contributed by atoms with E-state index in [0.29, 0.717) is 17.9 Å². The zero-order valence-corrected chi connectivity index (χ0v) is 12.0. The van der Waals surface area contributed by atoms with Crippen molar-refractivity contribution in [3.05, 3.63) is 59.5 Å². The van der Waals surface area contributed by atoms with Gasteiger partial charge in [-0.1, -0.05) is 12.1 Å². The fourth-order valence-electron chi connectivity index (χ4n) is 2.28. The number of furan rings is 1. The van der Waals surface area contributed by atoms with Gasteiger partial charge in [-0.05, 0) is 29.8 Å². The highest BCUT2D eigenvalue weighted by atomic mass is 32.2. The van der Waals surface area contributed by atoms with E-state index in [2.05, 4.69) is 0 Å². The Morgan fingerprint density at radius 1 is 1.33 bits per heavy atom. The molecule has 6 heteroatoms. The number of carbonyl (C=O) groups is 2. The molecule has 1 aliphatic rings.